The van der Waals surface area contributed by atoms with Crippen LogP contribution in [0.5, 0.6) is 0 Å². The van der Waals surface area contributed by atoms with Gasteiger partial charge >= 0.3 is 0 Å². The van der Waals surface area contributed by atoms with Crippen LogP contribution in [-0.2, 0) is 11.2 Å². The fourth-order valence-corrected chi connectivity index (χ4v) is 3.04. The number of likely N-dealkylation sites (tertiary alicyclic amines) is 1. The molecule has 1 saturated heterocycles. The maximum Gasteiger partial charge on any atom is 0.223 e. The van der Waals surface area contributed by atoms with Crippen molar-refractivity contribution in [2.45, 2.75) is 38.5 Å². The van der Waals surface area contributed by atoms with Crippen LogP contribution in [0.2, 0.25) is 0 Å². The van der Waals surface area contributed by atoms with Crippen molar-refractivity contribution < 1.29 is 14.3 Å². The summed E-state index contributed by atoms with van der Waals surface area (Å²) in [5.74, 6) is 3.80. The first-order valence-electron chi connectivity index (χ1n) is 7.64. The highest BCUT2D eigenvalue weighted by Gasteiger charge is 2.36. The summed E-state index contributed by atoms with van der Waals surface area (Å²) >= 11 is 0. The lowest BCUT2D eigenvalue weighted by Gasteiger charge is -2.15. The molecule has 20 heavy (non-hydrogen) atoms. The molecule has 4 nitrogen and oxygen atoms in total. The zero-order valence-electron chi connectivity index (χ0n) is 12.0. The SMILES string of the molecule is CC1CC1c1ccc(CCC(=O)N2CCC(CO)C2)o1. The van der Waals surface area contributed by atoms with Crippen LogP contribution in [0.3, 0.4) is 0 Å². The van der Waals surface area contributed by atoms with Crippen molar-refractivity contribution in [2.75, 3.05) is 19.7 Å². The van der Waals surface area contributed by atoms with E-state index in [1.54, 1.807) is 0 Å². The monoisotopic (exact) mass is 277 g/mol. The predicted octanol–water partition coefficient (Wildman–Crippen LogP) is 2.18. The van der Waals surface area contributed by atoms with Crippen LogP contribution in [0.15, 0.2) is 16.5 Å². The number of aliphatic hydroxyl groups is 1. The molecule has 4 heteroatoms. The van der Waals surface area contributed by atoms with E-state index < -0.39 is 0 Å². The van der Waals surface area contributed by atoms with Crippen molar-refractivity contribution in [3.05, 3.63) is 23.7 Å². The molecule has 3 rings (SSSR count). The fourth-order valence-electron chi connectivity index (χ4n) is 3.04. The van der Waals surface area contributed by atoms with Gasteiger partial charge in [-0.1, -0.05) is 6.92 Å². The third-order valence-electron chi connectivity index (χ3n) is 4.64. The quantitative estimate of drug-likeness (QED) is 0.897. The average Bonchev–Trinajstić information content (AvgIpc) is 2.90. The van der Waals surface area contributed by atoms with Crippen LogP contribution in [0.25, 0.3) is 0 Å². The van der Waals surface area contributed by atoms with E-state index >= 15 is 0 Å². The highest BCUT2D eigenvalue weighted by atomic mass is 16.3. The van der Waals surface area contributed by atoms with Crippen molar-refractivity contribution in [3.63, 3.8) is 0 Å². The second-order valence-electron chi connectivity index (χ2n) is 6.30. The third kappa shape index (κ3) is 2.90. The summed E-state index contributed by atoms with van der Waals surface area (Å²) in [6.07, 6.45) is 3.33. The summed E-state index contributed by atoms with van der Waals surface area (Å²) in [4.78, 5) is 14.0. The van der Waals surface area contributed by atoms with Gasteiger partial charge in [0.15, 0.2) is 0 Å². The van der Waals surface area contributed by atoms with E-state index in [1.165, 1.54) is 6.42 Å². The molecular weight excluding hydrogens is 254 g/mol. The highest BCUT2D eigenvalue weighted by Crippen LogP contribution is 2.47. The summed E-state index contributed by atoms with van der Waals surface area (Å²) in [6, 6.07) is 4.07. The summed E-state index contributed by atoms with van der Waals surface area (Å²) in [5.41, 5.74) is 0. The number of hydrogen-bond donors (Lipinski definition) is 1. The molecule has 1 amide bonds. The van der Waals surface area contributed by atoms with Crippen molar-refractivity contribution >= 4 is 5.91 Å². The molecule has 1 saturated carbocycles. The van der Waals surface area contributed by atoms with Crippen molar-refractivity contribution in [2.24, 2.45) is 11.8 Å². The molecule has 3 atom stereocenters. The maximum absolute atomic E-state index is 12.1. The van der Waals surface area contributed by atoms with Gasteiger partial charge in [-0.15, -0.1) is 0 Å². The Morgan fingerprint density at radius 1 is 1.50 bits per heavy atom. The molecule has 1 aliphatic carbocycles. The first-order chi connectivity index (χ1) is 9.67. The molecule has 1 aromatic rings. The lowest BCUT2D eigenvalue weighted by molar-refractivity contribution is -0.130. The van der Waals surface area contributed by atoms with Crippen LogP contribution < -0.4 is 0 Å². The average molecular weight is 277 g/mol. The Balaban J connectivity index is 1.47. The summed E-state index contributed by atoms with van der Waals surface area (Å²) in [5, 5.41) is 9.10. The summed E-state index contributed by atoms with van der Waals surface area (Å²) < 4.78 is 5.82. The maximum atomic E-state index is 12.1. The van der Waals surface area contributed by atoms with Crippen LogP contribution in [0.1, 0.15) is 43.6 Å². The van der Waals surface area contributed by atoms with Gasteiger partial charge in [0.1, 0.15) is 11.5 Å². The van der Waals surface area contributed by atoms with Gasteiger partial charge in [0.2, 0.25) is 5.91 Å². The molecule has 2 aliphatic rings. The predicted molar refractivity (Wildman–Crippen MR) is 75.3 cm³/mol. The molecule has 110 valence electrons. The van der Waals surface area contributed by atoms with Gasteiger partial charge in [-0.05, 0) is 30.9 Å². The minimum absolute atomic E-state index is 0.179. The Morgan fingerprint density at radius 2 is 2.30 bits per heavy atom. The molecule has 3 unspecified atom stereocenters. The van der Waals surface area contributed by atoms with E-state index in [-0.39, 0.29) is 18.4 Å². The summed E-state index contributed by atoms with van der Waals surface area (Å²) in [7, 11) is 0. The van der Waals surface area contributed by atoms with Gasteiger partial charge in [-0.2, -0.15) is 0 Å². The number of hydrogen-bond acceptors (Lipinski definition) is 3. The van der Waals surface area contributed by atoms with Crippen molar-refractivity contribution in [1.82, 2.24) is 4.90 Å². The minimum atomic E-state index is 0.179. The second kappa shape index (κ2) is 5.60. The number of aliphatic hydroxyl groups excluding tert-OH is 1. The van der Waals surface area contributed by atoms with Gasteiger partial charge in [-0.25, -0.2) is 0 Å². The zero-order chi connectivity index (χ0) is 14.1. The van der Waals surface area contributed by atoms with Gasteiger partial charge in [0.05, 0.1) is 0 Å². The van der Waals surface area contributed by atoms with Gasteiger partial charge in [0.25, 0.3) is 0 Å². The van der Waals surface area contributed by atoms with E-state index in [1.807, 2.05) is 11.0 Å². The van der Waals surface area contributed by atoms with Gasteiger partial charge < -0.3 is 14.4 Å². The molecule has 2 heterocycles. The van der Waals surface area contributed by atoms with Crippen LogP contribution in [0, 0.1) is 11.8 Å². The highest BCUT2D eigenvalue weighted by molar-refractivity contribution is 5.76. The van der Waals surface area contributed by atoms with E-state index in [0.29, 0.717) is 25.3 Å². The molecule has 0 aromatic carbocycles. The number of carbonyl (C=O) groups is 1. The number of rotatable bonds is 5. The lowest BCUT2D eigenvalue weighted by atomic mass is 10.1. The number of furan rings is 1. The molecule has 0 bridgehead atoms. The molecule has 1 aliphatic heterocycles. The van der Waals surface area contributed by atoms with Crippen molar-refractivity contribution in [1.29, 1.82) is 0 Å². The topological polar surface area (TPSA) is 53.7 Å². The fraction of sp³-hybridized carbons (Fsp3) is 0.688. The minimum Gasteiger partial charge on any atom is -0.466 e. The number of carbonyl (C=O) groups excluding carboxylic acids is 1. The standard InChI is InChI=1S/C16H23NO3/c1-11-8-14(11)15-4-2-13(20-15)3-5-16(19)17-7-6-12(9-17)10-18/h2,4,11-12,14,18H,3,5-10H2,1H3. The molecule has 1 N–H and O–H groups in total. The number of amides is 1. The van der Waals surface area contributed by atoms with E-state index in [4.69, 9.17) is 9.52 Å². The molecule has 2 fully saturated rings. The van der Waals surface area contributed by atoms with E-state index in [9.17, 15) is 4.79 Å². The first kappa shape index (κ1) is 13.7. The first-order valence-corrected chi connectivity index (χ1v) is 7.64. The zero-order valence-corrected chi connectivity index (χ0v) is 12.0. The van der Waals surface area contributed by atoms with Crippen molar-refractivity contribution in [3.8, 4) is 0 Å². The Kier molecular flexibility index (Phi) is 3.83. The Hall–Kier alpha value is -1.29. The van der Waals surface area contributed by atoms with Crippen LogP contribution in [-0.4, -0.2) is 35.6 Å². The van der Waals surface area contributed by atoms with E-state index in [2.05, 4.69) is 13.0 Å². The van der Waals surface area contributed by atoms with Crippen LogP contribution in [0.4, 0.5) is 0 Å². The lowest BCUT2D eigenvalue weighted by Crippen LogP contribution is -2.29. The number of nitrogens with zero attached hydrogens (tertiary/aromatic N) is 1. The molecule has 1 aromatic heterocycles. The van der Waals surface area contributed by atoms with Crippen LogP contribution >= 0.6 is 0 Å². The Bertz CT molecular complexity index is 482. The molecule has 0 radical (unpaired) electrons. The van der Waals surface area contributed by atoms with E-state index in [0.717, 1.165) is 30.4 Å². The van der Waals surface area contributed by atoms with Gasteiger partial charge in [-0.3, -0.25) is 4.79 Å². The number of aryl methyl sites for hydroxylation is 1. The smallest absolute Gasteiger partial charge is 0.223 e. The Morgan fingerprint density at radius 3 is 2.95 bits per heavy atom. The Labute approximate surface area is 119 Å². The molecule has 0 spiro atoms. The second-order valence-corrected chi connectivity index (χ2v) is 6.30. The normalized spacial score (nSPS) is 28.9. The molecular formula is C16H23NO3. The van der Waals surface area contributed by atoms with Gasteiger partial charge in [0, 0.05) is 44.4 Å². The largest absolute Gasteiger partial charge is 0.466 e. The summed E-state index contributed by atoms with van der Waals surface area (Å²) in [6.45, 7) is 3.91. The third-order valence-corrected chi connectivity index (χ3v) is 4.64.